The van der Waals surface area contributed by atoms with Crippen molar-refractivity contribution in [3.05, 3.63) is 40.0 Å². The molecule has 4 rings (SSSR count). The minimum absolute atomic E-state index is 0.0444. The second-order valence-electron chi connectivity index (χ2n) is 8.68. The third-order valence-electron chi connectivity index (χ3n) is 6.31. The van der Waals surface area contributed by atoms with Crippen LogP contribution in [0.1, 0.15) is 37.8 Å². The van der Waals surface area contributed by atoms with Gasteiger partial charge in [0, 0.05) is 23.1 Å². The number of piperidine rings is 1. The molecule has 0 aliphatic carbocycles. The first kappa shape index (κ1) is 24.8. The smallest absolute Gasteiger partial charge is 0.237 e. The summed E-state index contributed by atoms with van der Waals surface area (Å²) in [5.74, 6) is 1.44. The molecule has 2 aromatic rings. The van der Waals surface area contributed by atoms with Crippen molar-refractivity contribution < 1.29 is 14.6 Å². The molecule has 3 heterocycles. The Morgan fingerprint density at radius 1 is 1.35 bits per heavy atom. The molecule has 184 valence electrons. The fourth-order valence-electron chi connectivity index (χ4n) is 4.38. The second-order valence-corrected chi connectivity index (χ2v) is 9.53. The number of aromatic nitrogens is 2. The quantitative estimate of drug-likeness (QED) is 0.451. The Morgan fingerprint density at radius 3 is 2.85 bits per heavy atom. The van der Waals surface area contributed by atoms with Crippen LogP contribution in [0.3, 0.4) is 0 Å². The van der Waals surface area contributed by atoms with Gasteiger partial charge < -0.3 is 30.7 Å². The highest BCUT2D eigenvalue weighted by Crippen LogP contribution is 2.32. The van der Waals surface area contributed by atoms with Crippen LogP contribution in [-0.2, 0) is 4.79 Å². The van der Waals surface area contributed by atoms with Gasteiger partial charge in [0.15, 0.2) is 11.6 Å². The van der Waals surface area contributed by atoms with Crippen LogP contribution < -0.4 is 25.6 Å². The van der Waals surface area contributed by atoms with E-state index in [1.807, 2.05) is 17.9 Å². The predicted molar refractivity (Wildman–Crippen MR) is 133 cm³/mol. The Morgan fingerprint density at radius 2 is 2.18 bits per heavy atom. The average molecular weight is 509 g/mol. The molecule has 0 spiro atoms. The van der Waals surface area contributed by atoms with Crippen LogP contribution in [0.15, 0.2) is 24.4 Å². The summed E-state index contributed by atoms with van der Waals surface area (Å²) < 4.78 is 5.44. The van der Waals surface area contributed by atoms with Crippen LogP contribution in [0.25, 0.3) is 0 Å². The molecular formula is C23H30Cl2N6O3. The van der Waals surface area contributed by atoms with Gasteiger partial charge >= 0.3 is 0 Å². The topological polar surface area (TPSA) is 112 Å². The van der Waals surface area contributed by atoms with Crippen molar-refractivity contribution in [2.75, 3.05) is 37.0 Å². The van der Waals surface area contributed by atoms with Gasteiger partial charge in [-0.25, -0.2) is 4.98 Å². The van der Waals surface area contributed by atoms with E-state index in [0.29, 0.717) is 47.1 Å². The van der Waals surface area contributed by atoms with Crippen molar-refractivity contribution >= 4 is 40.9 Å². The Balaban J connectivity index is 1.43. The maximum Gasteiger partial charge on any atom is 0.237 e. The number of ether oxygens (including phenoxy) is 1. The lowest BCUT2D eigenvalue weighted by Crippen LogP contribution is -2.56. The average Bonchev–Trinajstić information content (AvgIpc) is 3.35. The molecule has 2 aliphatic heterocycles. The van der Waals surface area contributed by atoms with Crippen molar-refractivity contribution in [2.24, 2.45) is 0 Å². The molecule has 0 unspecified atom stereocenters. The van der Waals surface area contributed by atoms with Crippen molar-refractivity contribution in [3.63, 3.8) is 0 Å². The number of hydrogen-bond acceptors (Lipinski definition) is 8. The van der Waals surface area contributed by atoms with E-state index in [2.05, 4.69) is 25.9 Å². The van der Waals surface area contributed by atoms with Gasteiger partial charge in [0.25, 0.3) is 0 Å². The fourth-order valence-corrected chi connectivity index (χ4v) is 4.95. The molecule has 9 nitrogen and oxygen atoms in total. The van der Waals surface area contributed by atoms with E-state index < -0.39 is 6.10 Å². The number of carbonyl (C=O) groups is 1. The summed E-state index contributed by atoms with van der Waals surface area (Å²) in [4.78, 5) is 23.4. The van der Waals surface area contributed by atoms with Crippen molar-refractivity contribution in [1.29, 1.82) is 0 Å². The van der Waals surface area contributed by atoms with Crippen LogP contribution >= 0.6 is 23.2 Å². The summed E-state index contributed by atoms with van der Waals surface area (Å²) >= 11 is 12.4. The molecule has 0 saturated carbocycles. The van der Waals surface area contributed by atoms with Gasteiger partial charge in [-0.2, -0.15) is 4.98 Å². The number of amides is 1. The first-order valence-electron chi connectivity index (χ1n) is 11.4. The van der Waals surface area contributed by atoms with Gasteiger partial charge in [0.1, 0.15) is 0 Å². The summed E-state index contributed by atoms with van der Waals surface area (Å²) in [7, 11) is 1.56. The Labute approximate surface area is 209 Å². The number of nitrogens with zero attached hydrogens (tertiary/aromatic N) is 3. The maximum absolute atomic E-state index is 12.4. The van der Waals surface area contributed by atoms with Crippen LogP contribution in [0, 0.1) is 0 Å². The lowest BCUT2D eigenvalue weighted by molar-refractivity contribution is -0.124. The summed E-state index contributed by atoms with van der Waals surface area (Å²) in [5.41, 5.74) is 0.872. The zero-order valence-corrected chi connectivity index (χ0v) is 20.7. The van der Waals surface area contributed by atoms with Crippen molar-refractivity contribution in [1.82, 2.24) is 20.6 Å². The van der Waals surface area contributed by atoms with E-state index in [4.69, 9.17) is 27.9 Å². The van der Waals surface area contributed by atoms with Gasteiger partial charge in [-0.1, -0.05) is 29.3 Å². The van der Waals surface area contributed by atoms with Gasteiger partial charge in [-0.05, 0) is 50.4 Å². The standard InChI is InChI=1S/C23H30Cl2N6O3/c1-13(15-6-5-14(24)10-16(15)25)28-21-20(34-2)11-27-23(30-21)31-9-7-17(19(32)12-31)29-22(33)18-4-3-8-26-18/h5-6,10-11,13,17-19,26,32H,3-4,7-9,12H2,1-2H3,(H,29,33)(H,27,28,30)/t13-,17+,18-,19+/m1/s1. The molecule has 1 amide bonds. The number of aliphatic hydroxyl groups excluding tert-OH is 1. The molecule has 0 radical (unpaired) electrons. The third kappa shape index (κ3) is 5.66. The SMILES string of the molecule is COc1cnc(N2CC[C@H](NC(=O)[C@H]3CCCN3)[C@@H](O)C2)nc1N[C@H](C)c1ccc(Cl)cc1Cl. The monoisotopic (exact) mass is 508 g/mol. The minimum Gasteiger partial charge on any atom is -0.491 e. The number of halogens is 2. The lowest BCUT2D eigenvalue weighted by Gasteiger charge is -2.36. The van der Waals surface area contributed by atoms with E-state index in [-0.39, 0.29) is 24.0 Å². The first-order valence-corrected chi connectivity index (χ1v) is 12.2. The number of methoxy groups -OCH3 is 1. The van der Waals surface area contributed by atoms with Gasteiger partial charge in [-0.15, -0.1) is 0 Å². The molecule has 4 atom stereocenters. The highest BCUT2D eigenvalue weighted by atomic mass is 35.5. The van der Waals surface area contributed by atoms with E-state index in [1.54, 1.807) is 25.4 Å². The molecule has 0 bridgehead atoms. The van der Waals surface area contributed by atoms with E-state index in [0.717, 1.165) is 24.9 Å². The zero-order valence-electron chi connectivity index (χ0n) is 19.2. The van der Waals surface area contributed by atoms with Gasteiger partial charge in [-0.3, -0.25) is 4.79 Å². The van der Waals surface area contributed by atoms with Crippen molar-refractivity contribution in [2.45, 2.75) is 50.4 Å². The Kier molecular flexibility index (Phi) is 7.98. The Bertz CT molecular complexity index is 1020. The van der Waals surface area contributed by atoms with Crippen LogP contribution in [0.5, 0.6) is 5.75 Å². The van der Waals surface area contributed by atoms with Gasteiger partial charge in [0.2, 0.25) is 11.9 Å². The van der Waals surface area contributed by atoms with Gasteiger partial charge in [0.05, 0.1) is 37.5 Å². The van der Waals surface area contributed by atoms with Crippen LogP contribution in [0.4, 0.5) is 11.8 Å². The lowest BCUT2D eigenvalue weighted by atomic mass is 10.0. The van der Waals surface area contributed by atoms with E-state index in [9.17, 15) is 9.90 Å². The molecule has 4 N–H and O–H groups in total. The zero-order chi connectivity index (χ0) is 24.2. The molecule has 11 heteroatoms. The molecule has 2 aliphatic rings. The molecule has 1 aromatic carbocycles. The van der Waals surface area contributed by atoms with E-state index in [1.165, 1.54) is 0 Å². The number of anilines is 2. The number of aliphatic hydroxyl groups is 1. The van der Waals surface area contributed by atoms with Crippen molar-refractivity contribution in [3.8, 4) is 5.75 Å². The molecular weight excluding hydrogens is 479 g/mol. The number of nitrogens with one attached hydrogen (secondary N) is 3. The molecule has 2 fully saturated rings. The summed E-state index contributed by atoms with van der Waals surface area (Å²) in [6.45, 7) is 3.73. The maximum atomic E-state index is 12.4. The third-order valence-corrected chi connectivity index (χ3v) is 6.88. The summed E-state index contributed by atoms with van der Waals surface area (Å²) in [5, 5.41) is 21.4. The molecule has 2 saturated heterocycles. The molecule has 1 aromatic heterocycles. The molecule has 34 heavy (non-hydrogen) atoms. The number of β-amino-alcohol motifs (C(OH)–C–C–N with tert-alkyl or cyclic N) is 1. The number of hydrogen-bond donors (Lipinski definition) is 4. The largest absolute Gasteiger partial charge is 0.491 e. The highest BCUT2D eigenvalue weighted by molar-refractivity contribution is 6.35. The fraction of sp³-hybridized carbons (Fsp3) is 0.522. The van der Waals surface area contributed by atoms with E-state index >= 15 is 0 Å². The highest BCUT2D eigenvalue weighted by Gasteiger charge is 2.32. The second kappa shape index (κ2) is 10.9. The normalized spacial score (nSPS) is 23.4. The number of benzene rings is 1. The number of carbonyl (C=O) groups excluding carboxylic acids is 1. The Hall–Kier alpha value is -2.33. The predicted octanol–water partition coefficient (Wildman–Crippen LogP) is 2.77. The minimum atomic E-state index is -0.729. The van der Waals surface area contributed by atoms with Crippen LogP contribution in [-0.4, -0.2) is 65.9 Å². The first-order chi connectivity index (χ1) is 16.4. The number of rotatable bonds is 7. The summed E-state index contributed by atoms with van der Waals surface area (Å²) in [6, 6.07) is 4.72. The van der Waals surface area contributed by atoms with Crippen LogP contribution in [0.2, 0.25) is 10.0 Å². The summed E-state index contributed by atoms with van der Waals surface area (Å²) in [6.07, 6.45) is 3.29.